The lowest BCUT2D eigenvalue weighted by Gasteiger charge is -2.28. The predicted octanol–water partition coefficient (Wildman–Crippen LogP) is 8.49. The van der Waals surface area contributed by atoms with Crippen LogP contribution < -0.4 is 5.43 Å². The van der Waals surface area contributed by atoms with E-state index in [0.717, 1.165) is 47.3 Å². The average Bonchev–Trinajstić information content (AvgIpc) is 3.48. The Bertz CT molecular complexity index is 1960. The van der Waals surface area contributed by atoms with E-state index in [2.05, 4.69) is 18.7 Å². The van der Waals surface area contributed by atoms with Gasteiger partial charge in [-0.15, -0.1) is 11.3 Å². The number of hydrogen-bond donors (Lipinski definition) is 0. The van der Waals surface area contributed by atoms with Crippen LogP contribution in [0.1, 0.15) is 41.1 Å². The Morgan fingerprint density at radius 1 is 0.857 bits per heavy atom. The number of alkyl halides is 3. The molecule has 1 amide bonds. The Labute approximate surface area is 286 Å². The van der Waals surface area contributed by atoms with Gasteiger partial charge in [0, 0.05) is 36.3 Å². The van der Waals surface area contributed by atoms with Crippen LogP contribution in [0.2, 0.25) is 0 Å². The highest BCUT2D eigenvalue weighted by Crippen LogP contribution is 2.31. The van der Waals surface area contributed by atoms with Gasteiger partial charge in [0.15, 0.2) is 17.1 Å². The smallest absolute Gasteiger partial charge is 0.336 e. The minimum absolute atomic E-state index is 0.0597. The van der Waals surface area contributed by atoms with Crippen LogP contribution >= 0.6 is 11.3 Å². The summed E-state index contributed by atoms with van der Waals surface area (Å²) in [4.78, 5) is 32.2. The zero-order chi connectivity index (χ0) is 35.3. The van der Waals surface area contributed by atoms with Crippen molar-refractivity contribution < 1.29 is 26.7 Å². The van der Waals surface area contributed by atoms with Crippen LogP contribution in [-0.4, -0.2) is 46.5 Å². The molecule has 2 aromatic heterocycles. The Morgan fingerprint density at radius 2 is 1.51 bits per heavy atom. The third kappa shape index (κ3) is 8.63. The Hall–Kier alpha value is -4.35. The van der Waals surface area contributed by atoms with Gasteiger partial charge in [-0.2, -0.15) is 13.2 Å². The van der Waals surface area contributed by atoms with E-state index in [1.807, 2.05) is 41.8 Å². The number of carbonyl (C=O) groups is 1. The molecule has 49 heavy (non-hydrogen) atoms. The molecule has 0 aliphatic heterocycles. The maximum atomic E-state index is 14.5. The summed E-state index contributed by atoms with van der Waals surface area (Å²) in [5, 5.41) is 0. The number of halogens is 5. The van der Waals surface area contributed by atoms with Crippen LogP contribution in [-0.2, 0) is 36.9 Å². The highest BCUT2D eigenvalue weighted by Gasteiger charge is 2.30. The summed E-state index contributed by atoms with van der Waals surface area (Å²) >= 11 is 1.35. The van der Waals surface area contributed by atoms with Crippen molar-refractivity contribution in [3.05, 3.63) is 128 Å². The zero-order valence-corrected chi connectivity index (χ0v) is 28.4. The Morgan fingerprint density at radius 3 is 2.14 bits per heavy atom. The van der Waals surface area contributed by atoms with E-state index in [1.54, 1.807) is 4.90 Å². The van der Waals surface area contributed by atoms with Crippen LogP contribution in [0.4, 0.5) is 22.0 Å². The first-order valence-electron chi connectivity index (χ1n) is 16.2. The van der Waals surface area contributed by atoms with E-state index in [9.17, 15) is 31.5 Å². The van der Waals surface area contributed by atoms with Crippen LogP contribution in [0.5, 0.6) is 0 Å². The molecule has 5 rings (SSSR count). The highest BCUT2D eigenvalue weighted by molar-refractivity contribution is 7.18. The molecule has 0 radical (unpaired) electrons. The summed E-state index contributed by atoms with van der Waals surface area (Å²) in [5.74, 6) is -2.04. The minimum atomic E-state index is -4.41. The van der Waals surface area contributed by atoms with Crippen molar-refractivity contribution in [1.29, 1.82) is 0 Å². The number of pyridine rings is 1. The molecule has 0 N–H and O–H groups in total. The highest BCUT2D eigenvalue weighted by atomic mass is 32.1. The van der Waals surface area contributed by atoms with Crippen LogP contribution in [0.3, 0.4) is 0 Å². The molecular formula is C38H38F5N3O2S. The number of aromatic nitrogens is 1. The summed E-state index contributed by atoms with van der Waals surface area (Å²) < 4.78 is 69.9. The minimum Gasteiger partial charge on any atom is -0.336 e. The fraction of sp³-hybridized carbons (Fsp3) is 0.316. The molecule has 0 fully saturated rings. The van der Waals surface area contributed by atoms with Crippen LogP contribution in [0, 0.1) is 18.6 Å². The van der Waals surface area contributed by atoms with Gasteiger partial charge in [0.2, 0.25) is 5.91 Å². The van der Waals surface area contributed by atoms with Crippen LogP contribution in [0.15, 0.2) is 83.7 Å². The second-order valence-electron chi connectivity index (χ2n) is 12.0. The standard InChI is InChI=1S/C38H38F5N3O2S/c1-4-44(5-2)19-20-45(23-26-9-11-27(12-10-26)28-13-16-30(17-14-28)38(41,42)43)35(48)24-46-31(18-15-29-7-6-8-32(39)36(29)40)22-34(47)37-33(46)21-25(3)49-37/h6-14,16-17,21-22H,4-5,15,18-20,23-24H2,1-3H3. The van der Waals surface area contributed by atoms with Crippen molar-refractivity contribution in [3.8, 4) is 11.1 Å². The molecule has 0 aliphatic carbocycles. The molecule has 5 nitrogen and oxygen atoms in total. The molecule has 0 spiro atoms. The molecule has 0 saturated carbocycles. The summed E-state index contributed by atoms with van der Waals surface area (Å²) in [5.41, 5.74) is 2.72. The number of benzene rings is 3. The van der Waals surface area contributed by atoms with E-state index >= 15 is 0 Å². The summed E-state index contributed by atoms with van der Waals surface area (Å²) in [6.07, 6.45) is -4.05. The average molecular weight is 696 g/mol. The van der Waals surface area contributed by atoms with Gasteiger partial charge >= 0.3 is 6.18 Å². The van der Waals surface area contributed by atoms with Crippen molar-refractivity contribution in [1.82, 2.24) is 14.4 Å². The van der Waals surface area contributed by atoms with Gasteiger partial charge in [-0.3, -0.25) is 9.59 Å². The first-order chi connectivity index (χ1) is 23.4. The third-order valence-corrected chi connectivity index (χ3v) is 9.83. The zero-order valence-electron chi connectivity index (χ0n) is 27.6. The molecule has 258 valence electrons. The fourth-order valence-electron chi connectivity index (χ4n) is 5.93. The molecule has 5 aromatic rings. The van der Waals surface area contributed by atoms with E-state index in [0.29, 0.717) is 41.1 Å². The van der Waals surface area contributed by atoms with Crippen molar-refractivity contribution in [2.75, 3.05) is 26.2 Å². The lowest BCUT2D eigenvalue weighted by molar-refractivity contribution is -0.137. The molecule has 0 unspecified atom stereocenters. The summed E-state index contributed by atoms with van der Waals surface area (Å²) in [6.45, 7) is 8.95. The largest absolute Gasteiger partial charge is 0.416 e. The molecular weight excluding hydrogens is 657 g/mol. The summed E-state index contributed by atoms with van der Waals surface area (Å²) in [7, 11) is 0. The lowest BCUT2D eigenvalue weighted by Crippen LogP contribution is -2.40. The molecule has 0 saturated heterocycles. The second kappa shape index (κ2) is 15.5. The van der Waals surface area contributed by atoms with Gasteiger partial charge in [-0.1, -0.05) is 62.4 Å². The van der Waals surface area contributed by atoms with E-state index in [-0.39, 0.29) is 36.3 Å². The first-order valence-corrected chi connectivity index (χ1v) is 17.0. The number of rotatable bonds is 13. The van der Waals surface area contributed by atoms with E-state index < -0.39 is 23.4 Å². The van der Waals surface area contributed by atoms with Gasteiger partial charge < -0.3 is 14.4 Å². The van der Waals surface area contributed by atoms with Crippen molar-refractivity contribution in [2.24, 2.45) is 0 Å². The quantitative estimate of drug-likeness (QED) is 0.116. The maximum absolute atomic E-state index is 14.5. The number of hydrogen-bond acceptors (Lipinski definition) is 4. The second-order valence-corrected chi connectivity index (χ2v) is 13.2. The van der Waals surface area contributed by atoms with Crippen molar-refractivity contribution in [3.63, 3.8) is 0 Å². The first kappa shape index (κ1) is 35.9. The summed E-state index contributed by atoms with van der Waals surface area (Å²) in [6, 6.07) is 19.8. The number of carbonyl (C=O) groups excluding carboxylic acids is 1. The van der Waals surface area contributed by atoms with Gasteiger partial charge in [0.1, 0.15) is 6.54 Å². The molecule has 3 aromatic carbocycles. The monoisotopic (exact) mass is 695 g/mol. The molecule has 0 atom stereocenters. The molecule has 0 aliphatic rings. The van der Waals surface area contributed by atoms with E-state index in [1.165, 1.54) is 41.7 Å². The lowest BCUT2D eigenvalue weighted by atomic mass is 10.0. The number of fused-ring (bicyclic) bond motifs is 1. The van der Waals surface area contributed by atoms with Gasteiger partial charge in [-0.25, -0.2) is 8.78 Å². The number of amides is 1. The van der Waals surface area contributed by atoms with E-state index in [4.69, 9.17) is 0 Å². The Kier molecular flexibility index (Phi) is 11.3. The Balaban J connectivity index is 1.42. The normalized spacial score (nSPS) is 11.9. The SMILES string of the molecule is CCN(CC)CCN(Cc1ccc(-c2ccc(C(F)(F)F)cc2)cc1)C(=O)Cn1c(CCc2cccc(F)c2F)cc(=O)c2sc(C)cc21. The molecule has 2 heterocycles. The van der Waals surface area contributed by atoms with Crippen LogP contribution in [0.25, 0.3) is 21.3 Å². The third-order valence-electron chi connectivity index (χ3n) is 8.78. The molecule has 11 heteroatoms. The van der Waals surface area contributed by atoms with Gasteiger partial charge in [0.25, 0.3) is 0 Å². The number of likely N-dealkylation sites (N-methyl/N-ethyl adjacent to an activating group) is 1. The predicted molar refractivity (Wildman–Crippen MR) is 185 cm³/mol. The fourth-order valence-corrected chi connectivity index (χ4v) is 6.86. The number of aryl methyl sites for hydroxylation is 3. The number of nitrogens with zero attached hydrogens (tertiary/aromatic N) is 3. The number of thiophene rings is 1. The van der Waals surface area contributed by atoms with Crippen molar-refractivity contribution >= 4 is 27.5 Å². The maximum Gasteiger partial charge on any atom is 0.416 e. The van der Waals surface area contributed by atoms with Gasteiger partial charge in [0.05, 0.1) is 15.8 Å². The van der Waals surface area contributed by atoms with Crippen molar-refractivity contribution in [2.45, 2.75) is 52.9 Å². The van der Waals surface area contributed by atoms with Gasteiger partial charge in [-0.05, 0) is 79.4 Å². The molecule has 0 bridgehead atoms. The topological polar surface area (TPSA) is 45.5 Å².